The van der Waals surface area contributed by atoms with Gasteiger partial charge in [-0.25, -0.2) is 0 Å². The molecule has 0 fully saturated rings. The average molecular weight is 142 g/mol. The molecule has 0 bridgehead atoms. The van der Waals surface area contributed by atoms with E-state index >= 15 is 0 Å². The fraction of sp³-hybridized carbons (Fsp3) is 0.333. The normalized spacial score (nSPS) is 16.5. The fourth-order valence-electron chi connectivity index (χ4n) is 0.892. The smallest absolute Gasteiger partial charge is 0.0211 e. The molecule has 42 valence electrons. The molecule has 2 rings (SSSR count). The zero-order valence-electron chi connectivity index (χ0n) is 4.39. The van der Waals surface area contributed by atoms with Crippen LogP contribution in [0.4, 0.5) is 0 Å². The van der Waals surface area contributed by atoms with Gasteiger partial charge >= 0.3 is 0 Å². The SMILES string of the molecule is c1scc2c1CCS2. The maximum atomic E-state index is 2.26. The number of hydrogen-bond acceptors (Lipinski definition) is 2. The summed E-state index contributed by atoms with van der Waals surface area (Å²) in [6.45, 7) is 0. The van der Waals surface area contributed by atoms with Crippen LogP contribution in [0.2, 0.25) is 0 Å². The minimum absolute atomic E-state index is 1.30. The monoisotopic (exact) mass is 142 g/mol. The van der Waals surface area contributed by atoms with Crippen molar-refractivity contribution in [2.24, 2.45) is 0 Å². The van der Waals surface area contributed by atoms with Crippen LogP contribution in [0.5, 0.6) is 0 Å². The Hall–Kier alpha value is 0.0500. The number of fused-ring (bicyclic) bond motifs is 1. The molecule has 1 aliphatic heterocycles. The lowest BCUT2D eigenvalue weighted by Crippen LogP contribution is -1.71. The summed E-state index contributed by atoms with van der Waals surface area (Å²) in [5.74, 6) is 1.30. The molecule has 1 aromatic heterocycles. The van der Waals surface area contributed by atoms with Gasteiger partial charge in [-0.15, -0.1) is 11.8 Å². The molecule has 0 atom stereocenters. The number of thioether (sulfide) groups is 1. The van der Waals surface area contributed by atoms with Crippen molar-refractivity contribution in [1.82, 2.24) is 0 Å². The van der Waals surface area contributed by atoms with Crippen molar-refractivity contribution >= 4 is 23.1 Å². The highest BCUT2D eigenvalue weighted by Gasteiger charge is 2.10. The second-order valence-corrected chi connectivity index (χ2v) is 3.74. The standard InChI is InChI=1S/C6H6S2/c1-2-8-6-4-7-3-5(1)6/h3-4H,1-2H2. The Bertz CT molecular complexity index is 172. The van der Waals surface area contributed by atoms with E-state index in [-0.39, 0.29) is 0 Å². The number of aryl methyl sites for hydroxylation is 1. The van der Waals surface area contributed by atoms with E-state index in [2.05, 4.69) is 10.8 Å². The maximum absolute atomic E-state index is 2.26. The van der Waals surface area contributed by atoms with Crippen molar-refractivity contribution in [2.45, 2.75) is 11.3 Å². The van der Waals surface area contributed by atoms with Gasteiger partial charge in [0.15, 0.2) is 0 Å². The van der Waals surface area contributed by atoms with E-state index in [9.17, 15) is 0 Å². The van der Waals surface area contributed by atoms with Crippen LogP contribution in [-0.4, -0.2) is 5.75 Å². The lowest BCUT2D eigenvalue weighted by molar-refractivity contribution is 1.17. The van der Waals surface area contributed by atoms with Gasteiger partial charge in [0.25, 0.3) is 0 Å². The van der Waals surface area contributed by atoms with Crippen LogP contribution in [0.1, 0.15) is 5.56 Å². The molecular weight excluding hydrogens is 136 g/mol. The van der Waals surface area contributed by atoms with E-state index in [0.717, 1.165) is 0 Å². The van der Waals surface area contributed by atoms with Gasteiger partial charge in [0.1, 0.15) is 0 Å². The van der Waals surface area contributed by atoms with Gasteiger partial charge in [-0.3, -0.25) is 0 Å². The van der Waals surface area contributed by atoms with Gasteiger partial charge in [0.05, 0.1) is 0 Å². The second kappa shape index (κ2) is 1.78. The summed E-state index contributed by atoms with van der Waals surface area (Å²) >= 11 is 3.81. The molecule has 0 spiro atoms. The van der Waals surface area contributed by atoms with Gasteiger partial charge in [0, 0.05) is 16.0 Å². The molecule has 0 radical (unpaired) electrons. The third-order valence-corrected chi connectivity index (χ3v) is 3.37. The fourth-order valence-corrected chi connectivity index (χ4v) is 3.05. The lowest BCUT2D eigenvalue weighted by atomic mass is 10.3. The van der Waals surface area contributed by atoms with Crippen molar-refractivity contribution in [3.05, 3.63) is 16.3 Å². The Morgan fingerprint density at radius 1 is 1.38 bits per heavy atom. The number of rotatable bonds is 0. The predicted octanol–water partition coefficient (Wildman–Crippen LogP) is 2.40. The van der Waals surface area contributed by atoms with E-state index in [1.165, 1.54) is 17.1 Å². The first kappa shape index (κ1) is 4.89. The van der Waals surface area contributed by atoms with E-state index in [0.29, 0.717) is 0 Å². The molecule has 0 unspecified atom stereocenters. The van der Waals surface area contributed by atoms with Crippen LogP contribution in [0.15, 0.2) is 15.7 Å². The Balaban J connectivity index is 2.54. The van der Waals surface area contributed by atoms with Crippen molar-refractivity contribution < 1.29 is 0 Å². The van der Waals surface area contributed by atoms with E-state index < -0.39 is 0 Å². The molecule has 1 aliphatic rings. The third kappa shape index (κ3) is 0.599. The molecule has 1 aromatic rings. The van der Waals surface area contributed by atoms with Crippen LogP contribution in [0.3, 0.4) is 0 Å². The minimum atomic E-state index is 1.30. The molecule has 0 saturated heterocycles. The summed E-state index contributed by atoms with van der Waals surface area (Å²) in [6.07, 6.45) is 1.30. The number of thiophene rings is 1. The Kier molecular flexibility index (Phi) is 1.09. The summed E-state index contributed by atoms with van der Waals surface area (Å²) in [7, 11) is 0. The van der Waals surface area contributed by atoms with Crippen LogP contribution >= 0.6 is 23.1 Å². The molecule has 0 amide bonds. The van der Waals surface area contributed by atoms with Gasteiger partial charge < -0.3 is 0 Å². The van der Waals surface area contributed by atoms with E-state index in [4.69, 9.17) is 0 Å². The maximum Gasteiger partial charge on any atom is 0.0211 e. The first-order valence-corrected chi connectivity index (χ1v) is 4.57. The van der Waals surface area contributed by atoms with E-state index in [1.54, 1.807) is 5.56 Å². The highest BCUT2D eigenvalue weighted by molar-refractivity contribution is 7.99. The highest BCUT2D eigenvalue weighted by Crippen LogP contribution is 2.33. The van der Waals surface area contributed by atoms with Crippen molar-refractivity contribution in [3.63, 3.8) is 0 Å². The van der Waals surface area contributed by atoms with Crippen molar-refractivity contribution in [2.75, 3.05) is 5.75 Å². The molecule has 0 aromatic carbocycles. The molecule has 0 nitrogen and oxygen atoms in total. The quantitative estimate of drug-likeness (QED) is 0.536. The summed E-state index contributed by atoms with van der Waals surface area (Å²) < 4.78 is 0. The highest BCUT2D eigenvalue weighted by atomic mass is 32.2. The first-order valence-electron chi connectivity index (χ1n) is 2.65. The second-order valence-electron chi connectivity index (χ2n) is 1.86. The average Bonchev–Trinajstić information content (AvgIpc) is 2.15. The van der Waals surface area contributed by atoms with Crippen LogP contribution in [0, 0.1) is 0 Å². The zero-order chi connectivity index (χ0) is 5.40. The predicted molar refractivity (Wildman–Crippen MR) is 38.7 cm³/mol. The summed E-state index contributed by atoms with van der Waals surface area (Å²) in [4.78, 5) is 1.52. The third-order valence-electron chi connectivity index (χ3n) is 1.33. The number of hydrogen-bond donors (Lipinski definition) is 0. The molecule has 0 N–H and O–H groups in total. The molecular formula is C6H6S2. The van der Waals surface area contributed by atoms with Crippen molar-refractivity contribution in [1.29, 1.82) is 0 Å². The van der Waals surface area contributed by atoms with Crippen molar-refractivity contribution in [3.8, 4) is 0 Å². The van der Waals surface area contributed by atoms with Gasteiger partial charge in [-0.05, 0) is 17.4 Å². The van der Waals surface area contributed by atoms with Gasteiger partial charge in [0.2, 0.25) is 0 Å². The van der Waals surface area contributed by atoms with E-state index in [1.807, 2.05) is 23.1 Å². The molecule has 8 heavy (non-hydrogen) atoms. The molecule has 2 heteroatoms. The van der Waals surface area contributed by atoms with Crippen LogP contribution < -0.4 is 0 Å². The Morgan fingerprint density at radius 3 is 3.25 bits per heavy atom. The zero-order valence-corrected chi connectivity index (χ0v) is 6.02. The molecule has 2 heterocycles. The molecule has 0 aliphatic carbocycles. The summed E-state index contributed by atoms with van der Waals surface area (Å²) in [6, 6.07) is 0. The van der Waals surface area contributed by atoms with Gasteiger partial charge in [-0.2, -0.15) is 11.3 Å². The topological polar surface area (TPSA) is 0 Å². The Labute approximate surface area is 56.9 Å². The summed E-state index contributed by atoms with van der Waals surface area (Å²) in [5.41, 5.74) is 1.57. The van der Waals surface area contributed by atoms with Gasteiger partial charge in [-0.1, -0.05) is 0 Å². The van der Waals surface area contributed by atoms with Crippen LogP contribution in [-0.2, 0) is 6.42 Å². The van der Waals surface area contributed by atoms with Crippen LogP contribution in [0.25, 0.3) is 0 Å². The molecule has 0 saturated carbocycles. The summed E-state index contributed by atoms with van der Waals surface area (Å²) in [5, 5.41) is 4.50. The first-order chi connectivity index (χ1) is 3.97. The largest absolute Gasteiger partial charge is 0.151 e. The lowest BCUT2D eigenvalue weighted by Gasteiger charge is -1.78. The Morgan fingerprint density at radius 2 is 2.38 bits per heavy atom. The minimum Gasteiger partial charge on any atom is -0.151 e.